The van der Waals surface area contributed by atoms with Crippen LogP contribution in [0.1, 0.15) is 11.1 Å². The predicted octanol–water partition coefficient (Wildman–Crippen LogP) is 2.48. The van der Waals surface area contributed by atoms with Gasteiger partial charge in [0.1, 0.15) is 5.82 Å². The van der Waals surface area contributed by atoms with E-state index in [1.54, 1.807) is 6.40 Å². The number of benzene rings is 2. The molecule has 2 aromatic carbocycles. The van der Waals surface area contributed by atoms with E-state index in [0.717, 1.165) is 37.6 Å². The lowest BCUT2D eigenvalue weighted by Crippen LogP contribution is -3.15. The summed E-state index contributed by atoms with van der Waals surface area (Å²) < 4.78 is 18.6. The highest BCUT2D eigenvalue weighted by Gasteiger charge is 2.20. The van der Waals surface area contributed by atoms with Crippen LogP contribution in [0, 0.1) is 19.7 Å². The molecule has 0 spiro atoms. The molecule has 0 unspecified atom stereocenters. The van der Waals surface area contributed by atoms with Gasteiger partial charge in [-0.05, 0) is 55.3 Å². The van der Waals surface area contributed by atoms with Crippen molar-refractivity contribution in [3.05, 3.63) is 59.4 Å². The first-order chi connectivity index (χ1) is 12.1. The van der Waals surface area contributed by atoms with Gasteiger partial charge in [-0.1, -0.05) is 12.1 Å². The Bertz CT molecular complexity index is 722. The van der Waals surface area contributed by atoms with Crippen molar-refractivity contribution in [3.63, 3.8) is 0 Å². The lowest BCUT2D eigenvalue weighted by molar-refractivity contribution is -0.917. The van der Waals surface area contributed by atoms with E-state index in [-0.39, 0.29) is 5.82 Å². The second-order valence-corrected chi connectivity index (χ2v) is 6.48. The third kappa shape index (κ3) is 4.57. The topological polar surface area (TPSA) is 29.3 Å². The molecule has 5 heteroatoms. The monoisotopic (exact) mass is 342 g/mol. The standard InChI is InChI=1S/C20H24FN3O/c1-16-4-3-5-20(17(16)2)22-14-25-15-23-10-12-24(13-11-23)19-8-6-18(21)7-9-19/h3-9,14H,10-13,15H2,1-2H3/p+1. The van der Waals surface area contributed by atoms with Gasteiger partial charge in [-0.15, -0.1) is 0 Å². The maximum Gasteiger partial charge on any atom is 0.223 e. The molecular weight excluding hydrogens is 317 g/mol. The zero-order valence-electron chi connectivity index (χ0n) is 14.8. The minimum atomic E-state index is -0.190. The molecule has 1 aliphatic rings. The normalized spacial score (nSPS) is 15.7. The number of rotatable bonds is 5. The van der Waals surface area contributed by atoms with E-state index >= 15 is 0 Å². The number of nitrogens with one attached hydrogen (secondary N) is 1. The molecule has 25 heavy (non-hydrogen) atoms. The molecule has 0 aromatic heterocycles. The van der Waals surface area contributed by atoms with E-state index in [0.29, 0.717) is 6.73 Å². The molecule has 2 aromatic rings. The molecule has 4 nitrogen and oxygen atoms in total. The van der Waals surface area contributed by atoms with E-state index in [2.05, 4.69) is 29.8 Å². The summed E-state index contributed by atoms with van der Waals surface area (Å²) in [6, 6.07) is 12.8. The summed E-state index contributed by atoms with van der Waals surface area (Å²) in [6.45, 7) is 8.65. The van der Waals surface area contributed by atoms with Gasteiger partial charge < -0.3 is 9.64 Å². The Morgan fingerprint density at radius 3 is 2.56 bits per heavy atom. The summed E-state index contributed by atoms with van der Waals surface area (Å²) in [7, 11) is 0. The SMILES string of the molecule is Cc1cccc(N=COC[NH+]2CCN(c3ccc(F)cc3)CC2)c1C. The average molecular weight is 342 g/mol. The molecule has 0 saturated carbocycles. The highest BCUT2D eigenvalue weighted by Crippen LogP contribution is 2.20. The summed E-state index contributed by atoms with van der Waals surface area (Å²) in [5, 5.41) is 0. The highest BCUT2D eigenvalue weighted by molar-refractivity contribution is 5.59. The van der Waals surface area contributed by atoms with Gasteiger partial charge in [-0.2, -0.15) is 0 Å². The summed E-state index contributed by atoms with van der Waals surface area (Å²) >= 11 is 0. The van der Waals surface area contributed by atoms with Crippen LogP contribution in [0.2, 0.25) is 0 Å². The number of aryl methyl sites for hydroxylation is 1. The minimum Gasteiger partial charge on any atom is -0.435 e. The van der Waals surface area contributed by atoms with Gasteiger partial charge in [-0.3, -0.25) is 4.90 Å². The number of piperazine rings is 1. The number of hydrogen-bond acceptors (Lipinski definition) is 3. The molecular formula is C20H25FN3O+. The number of ether oxygens (including phenoxy) is 1. The maximum absolute atomic E-state index is 13.0. The fourth-order valence-corrected chi connectivity index (χ4v) is 3.00. The van der Waals surface area contributed by atoms with Crippen LogP contribution in [0.5, 0.6) is 0 Å². The largest absolute Gasteiger partial charge is 0.435 e. The first-order valence-electron chi connectivity index (χ1n) is 8.68. The van der Waals surface area contributed by atoms with Gasteiger partial charge in [-0.25, -0.2) is 9.38 Å². The van der Waals surface area contributed by atoms with E-state index < -0.39 is 0 Å². The second-order valence-electron chi connectivity index (χ2n) is 6.48. The Labute approximate surface area is 148 Å². The molecule has 0 bridgehead atoms. The molecule has 0 aliphatic carbocycles. The van der Waals surface area contributed by atoms with Crippen LogP contribution >= 0.6 is 0 Å². The van der Waals surface area contributed by atoms with Crippen molar-refractivity contribution in [2.75, 3.05) is 37.8 Å². The van der Waals surface area contributed by atoms with E-state index in [1.165, 1.54) is 28.2 Å². The van der Waals surface area contributed by atoms with Gasteiger partial charge in [0.2, 0.25) is 6.73 Å². The smallest absolute Gasteiger partial charge is 0.223 e. The van der Waals surface area contributed by atoms with Crippen LogP contribution in [0.3, 0.4) is 0 Å². The van der Waals surface area contributed by atoms with E-state index in [9.17, 15) is 4.39 Å². The van der Waals surface area contributed by atoms with Crippen LogP contribution in [0.25, 0.3) is 0 Å². The number of halogens is 1. The predicted molar refractivity (Wildman–Crippen MR) is 99.3 cm³/mol. The van der Waals surface area contributed by atoms with Crippen molar-refractivity contribution in [1.82, 2.24) is 0 Å². The summed E-state index contributed by atoms with van der Waals surface area (Å²) in [5.74, 6) is -0.190. The molecule has 1 aliphatic heterocycles. The molecule has 1 heterocycles. The van der Waals surface area contributed by atoms with Gasteiger partial charge in [0.05, 0.1) is 31.9 Å². The summed E-state index contributed by atoms with van der Waals surface area (Å²) in [4.78, 5) is 8.09. The van der Waals surface area contributed by atoms with Gasteiger partial charge in [0, 0.05) is 5.69 Å². The van der Waals surface area contributed by atoms with Crippen molar-refractivity contribution < 1.29 is 14.0 Å². The fraction of sp³-hybridized carbons (Fsp3) is 0.350. The molecule has 3 rings (SSSR count). The number of anilines is 1. The Hall–Kier alpha value is -2.40. The third-order valence-electron chi connectivity index (χ3n) is 4.79. The van der Waals surface area contributed by atoms with Crippen LogP contribution in [0.4, 0.5) is 15.8 Å². The van der Waals surface area contributed by atoms with E-state index in [1.807, 2.05) is 24.3 Å². The summed E-state index contributed by atoms with van der Waals surface area (Å²) in [5.41, 5.74) is 4.45. The molecule has 132 valence electrons. The van der Waals surface area contributed by atoms with Crippen molar-refractivity contribution in [2.24, 2.45) is 4.99 Å². The van der Waals surface area contributed by atoms with Gasteiger partial charge in [0.25, 0.3) is 0 Å². The average Bonchev–Trinajstić information content (AvgIpc) is 2.63. The Morgan fingerprint density at radius 2 is 1.84 bits per heavy atom. The third-order valence-corrected chi connectivity index (χ3v) is 4.79. The first kappa shape index (κ1) is 17.4. The van der Waals surface area contributed by atoms with Crippen LogP contribution in [0.15, 0.2) is 47.5 Å². The minimum absolute atomic E-state index is 0.190. The van der Waals surface area contributed by atoms with Crippen LogP contribution in [-0.4, -0.2) is 39.3 Å². The quantitative estimate of drug-likeness (QED) is 0.668. The van der Waals surface area contributed by atoms with E-state index in [4.69, 9.17) is 4.74 Å². The molecule has 0 atom stereocenters. The Morgan fingerprint density at radius 1 is 1.12 bits per heavy atom. The van der Waals surface area contributed by atoms with Crippen molar-refractivity contribution in [3.8, 4) is 0 Å². The van der Waals surface area contributed by atoms with Crippen molar-refractivity contribution >= 4 is 17.8 Å². The maximum atomic E-state index is 13.0. The van der Waals surface area contributed by atoms with Crippen molar-refractivity contribution in [1.29, 1.82) is 0 Å². The number of aliphatic imine (C=N–C) groups is 1. The van der Waals surface area contributed by atoms with Crippen LogP contribution < -0.4 is 9.80 Å². The summed E-state index contributed by atoms with van der Waals surface area (Å²) in [6.07, 6.45) is 1.56. The number of hydrogen-bond donors (Lipinski definition) is 1. The molecule has 1 fully saturated rings. The molecule has 0 radical (unpaired) electrons. The van der Waals surface area contributed by atoms with Crippen molar-refractivity contribution in [2.45, 2.75) is 13.8 Å². The molecule has 0 amide bonds. The van der Waals surface area contributed by atoms with Gasteiger partial charge >= 0.3 is 0 Å². The zero-order valence-corrected chi connectivity index (χ0v) is 14.8. The van der Waals surface area contributed by atoms with Gasteiger partial charge in [0.15, 0.2) is 6.40 Å². The lowest BCUT2D eigenvalue weighted by atomic mass is 10.1. The number of nitrogens with zero attached hydrogens (tertiary/aromatic N) is 2. The number of quaternary nitrogens is 1. The van der Waals surface area contributed by atoms with Crippen LogP contribution in [-0.2, 0) is 4.74 Å². The molecule has 1 saturated heterocycles. The lowest BCUT2D eigenvalue weighted by Gasteiger charge is -2.33. The highest BCUT2D eigenvalue weighted by atomic mass is 19.1. The molecule has 1 N–H and O–H groups in total. The Kier molecular flexibility index (Phi) is 5.66. The second kappa shape index (κ2) is 8.12. The fourth-order valence-electron chi connectivity index (χ4n) is 3.00. The Balaban J connectivity index is 1.44. The first-order valence-corrected chi connectivity index (χ1v) is 8.68. The zero-order chi connectivity index (χ0) is 17.6.